The fraction of sp³-hybridized carbons (Fsp3) is 1.00. The van der Waals surface area contributed by atoms with Crippen molar-refractivity contribution >= 4 is 0 Å². The van der Waals surface area contributed by atoms with E-state index in [0.717, 1.165) is 6.54 Å². The van der Waals surface area contributed by atoms with E-state index < -0.39 is 0 Å². The highest BCUT2D eigenvalue weighted by Gasteiger charge is 2.27. The lowest BCUT2D eigenvalue weighted by atomic mass is 9.86. The van der Waals surface area contributed by atoms with Gasteiger partial charge in [-0.15, -0.1) is 0 Å². The maximum absolute atomic E-state index is 9.58. The summed E-state index contributed by atoms with van der Waals surface area (Å²) in [6.45, 7) is 9.65. The van der Waals surface area contributed by atoms with Gasteiger partial charge in [0.1, 0.15) is 0 Å². The topological polar surface area (TPSA) is 23.5 Å². The van der Waals surface area contributed by atoms with Crippen LogP contribution in [0.1, 0.15) is 40.0 Å². The zero-order chi connectivity index (χ0) is 9.90. The number of hydrogen-bond acceptors (Lipinski definition) is 2. The van der Waals surface area contributed by atoms with Crippen molar-refractivity contribution in [1.82, 2.24) is 4.90 Å². The number of aliphatic hydroxyl groups excluding tert-OH is 1. The second kappa shape index (κ2) is 4.43. The van der Waals surface area contributed by atoms with E-state index in [1.807, 2.05) is 6.92 Å². The third-order valence-corrected chi connectivity index (χ3v) is 3.21. The number of aliphatic hydroxyl groups is 1. The van der Waals surface area contributed by atoms with E-state index in [2.05, 4.69) is 18.7 Å². The van der Waals surface area contributed by atoms with Gasteiger partial charge in [0.25, 0.3) is 0 Å². The summed E-state index contributed by atoms with van der Waals surface area (Å²) in [5.41, 5.74) is 0.0390. The molecule has 0 spiro atoms. The molecule has 0 aliphatic carbocycles. The van der Waals surface area contributed by atoms with Crippen molar-refractivity contribution in [1.29, 1.82) is 0 Å². The van der Waals surface area contributed by atoms with Crippen molar-refractivity contribution < 1.29 is 5.11 Å². The van der Waals surface area contributed by atoms with E-state index in [4.69, 9.17) is 0 Å². The number of hydrogen-bond donors (Lipinski definition) is 1. The molecule has 2 heteroatoms. The lowest BCUT2D eigenvalue weighted by Crippen LogP contribution is -2.42. The van der Waals surface area contributed by atoms with Gasteiger partial charge >= 0.3 is 0 Å². The van der Waals surface area contributed by atoms with E-state index in [1.54, 1.807) is 0 Å². The van der Waals surface area contributed by atoms with Crippen molar-refractivity contribution in [3.8, 4) is 0 Å². The van der Waals surface area contributed by atoms with E-state index in [0.29, 0.717) is 0 Å². The third-order valence-electron chi connectivity index (χ3n) is 3.21. The molecule has 0 aromatic heterocycles. The van der Waals surface area contributed by atoms with Crippen LogP contribution in [-0.2, 0) is 0 Å². The highest BCUT2D eigenvalue weighted by Crippen LogP contribution is 2.23. The van der Waals surface area contributed by atoms with Crippen LogP contribution in [0.4, 0.5) is 0 Å². The first-order chi connectivity index (χ1) is 6.02. The first kappa shape index (κ1) is 11.0. The highest BCUT2D eigenvalue weighted by atomic mass is 16.3. The van der Waals surface area contributed by atoms with Gasteiger partial charge in [-0.05, 0) is 32.9 Å². The Morgan fingerprint density at radius 1 is 1.23 bits per heavy atom. The average molecular weight is 185 g/mol. The first-order valence-electron chi connectivity index (χ1n) is 5.43. The minimum atomic E-state index is -0.213. The molecule has 0 amide bonds. The predicted octanol–water partition coefficient (Wildman–Crippen LogP) is 1.88. The highest BCUT2D eigenvalue weighted by molar-refractivity contribution is 4.79. The van der Waals surface area contributed by atoms with Crippen molar-refractivity contribution in [2.45, 2.75) is 46.1 Å². The van der Waals surface area contributed by atoms with E-state index >= 15 is 0 Å². The maximum Gasteiger partial charge on any atom is 0.0575 e. The maximum atomic E-state index is 9.58. The molecule has 78 valence electrons. The van der Waals surface area contributed by atoms with Crippen LogP contribution in [0.5, 0.6) is 0 Å². The van der Waals surface area contributed by atoms with Gasteiger partial charge in [0.05, 0.1) is 6.10 Å². The van der Waals surface area contributed by atoms with Crippen LogP contribution in [0.3, 0.4) is 0 Å². The third kappa shape index (κ3) is 3.28. The van der Waals surface area contributed by atoms with Gasteiger partial charge in [0.15, 0.2) is 0 Å². The molecule has 0 saturated carbocycles. The Balaban J connectivity index is 2.37. The van der Waals surface area contributed by atoms with Crippen LogP contribution in [0.25, 0.3) is 0 Å². The fourth-order valence-corrected chi connectivity index (χ4v) is 1.83. The summed E-state index contributed by atoms with van der Waals surface area (Å²) in [6, 6.07) is 0. The van der Waals surface area contributed by atoms with E-state index in [1.165, 1.54) is 32.4 Å². The summed E-state index contributed by atoms with van der Waals surface area (Å²) in [4.78, 5) is 2.48. The molecule has 1 fully saturated rings. The Bertz CT molecular complexity index is 148. The van der Waals surface area contributed by atoms with Crippen LogP contribution in [-0.4, -0.2) is 35.7 Å². The molecule has 1 heterocycles. The molecule has 0 aromatic rings. The molecule has 1 aliphatic heterocycles. The molecule has 1 aliphatic rings. The predicted molar refractivity (Wildman–Crippen MR) is 55.8 cm³/mol. The Hall–Kier alpha value is -0.0800. The van der Waals surface area contributed by atoms with Gasteiger partial charge in [0.2, 0.25) is 0 Å². The van der Waals surface area contributed by atoms with Gasteiger partial charge in [-0.25, -0.2) is 0 Å². The largest absolute Gasteiger partial charge is 0.393 e. The second-order valence-corrected chi connectivity index (χ2v) is 5.00. The summed E-state index contributed by atoms with van der Waals surface area (Å²) in [5.74, 6) is 0. The van der Waals surface area contributed by atoms with Gasteiger partial charge < -0.3 is 10.0 Å². The summed E-state index contributed by atoms with van der Waals surface area (Å²) in [5, 5.41) is 9.58. The lowest BCUT2D eigenvalue weighted by molar-refractivity contribution is 0.0296. The monoisotopic (exact) mass is 185 g/mol. The minimum absolute atomic E-state index is 0.0390. The molecule has 1 atom stereocenters. The molecule has 13 heavy (non-hydrogen) atoms. The summed E-state index contributed by atoms with van der Waals surface area (Å²) < 4.78 is 0. The Labute approximate surface area is 81.9 Å². The van der Waals surface area contributed by atoms with Gasteiger partial charge in [-0.1, -0.05) is 20.3 Å². The summed E-state index contributed by atoms with van der Waals surface area (Å²) in [7, 11) is 0. The number of nitrogens with zero attached hydrogens (tertiary/aromatic N) is 1. The van der Waals surface area contributed by atoms with Crippen LogP contribution in [0, 0.1) is 5.41 Å². The molecule has 1 unspecified atom stereocenters. The second-order valence-electron chi connectivity index (χ2n) is 5.00. The van der Waals surface area contributed by atoms with E-state index in [9.17, 15) is 5.11 Å². The fourth-order valence-electron chi connectivity index (χ4n) is 1.83. The van der Waals surface area contributed by atoms with Gasteiger partial charge in [-0.2, -0.15) is 0 Å². The molecule has 0 aromatic carbocycles. The number of likely N-dealkylation sites (tertiary alicyclic amines) is 1. The Morgan fingerprint density at radius 3 is 2.23 bits per heavy atom. The smallest absolute Gasteiger partial charge is 0.0575 e. The van der Waals surface area contributed by atoms with Crippen LogP contribution < -0.4 is 0 Å². The van der Waals surface area contributed by atoms with Crippen molar-refractivity contribution in [3.05, 3.63) is 0 Å². The van der Waals surface area contributed by atoms with Gasteiger partial charge in [-0.3, -0.25) is 0 Å². The lowest BCUT2D eigenvalue weighted by Gasteiger charge is -2.36. The molecule has 1 N–H and O–H groups in total. The minimum Gasteiger partial charge on any atom is -0.393 e. The standard InChI is InChI=1S/C11H23NO/c1-10(13)11(2,3)9-12-7-5-4-6-8-12/h10,13H,4-9H2,1-3H3. The molecule has 0 bridgehead atoms. The Kier molecular flexibility index (Phi) is 3.74. The van der Waals surface area contributed by atoms with E-state index in [-0.39, 0.29) is 11.5 Å². The van der Waals surface area contributed by atoms with Gasteiger partial charge in [0, 0.05) is 12.0 Å². The molecule has 0 radical (unpaired) electrons. The zero-order valence-electron chi connectivity index (χ0n) is 9.21. The molecule has 1 saturated heterocycles. The van der Waals surface area contributed by atoms with Crippen LogP contribution >= 0.6 is 0 Å². The van der Waals surface area contributed by atoms with Crippen molar-refractivity contribution in [2.24, 2.45) is 5.41 Å². The summed E-state index contributed by atoms with van der Waals surface area (Å²) >= 11 is 0. The number of rotatable bonds is 3. The molecular weight excluding hydrogens is 162 g/mol. The normalized spacial score (nSPS) is 23.1. The van der Waals surface area contributed by atoms with Crippen molar-refractivity contribution in [2.75, 3.05) is 19.6 Å². The SMILES string of the molecule is CC(O)C(C)(C)CN1CCCCC1. The quantitative estimate of drug-likeness (QED) is 0.725. The summed E-state index contributed by atoms with van der Waals surface area (Å²) in [6.07, 6.45) is 3.83. The molecular formula is C11H23NO. The first-order valence-corrected chi connectivity index (χ1v) is 5.43. The van der Waals surface area contributed by atoms with Crippen LogP contribution in [0.2, 0.25) is 0 Å². The zero-order valence-corrected chi connectivity index (χ0v) is 9.21. The molecule has 2 nitrogen and oxygen atoms in total. The van der Waals surface area contributed by atoms with Crippen LogP contribution in [0.15, 0.2) is 0 Å². The Morgan fingerprint density at radius 2 is 1.77 bits per heavy atom. The van der Waals surface area contributed by atoms with Crippen molar-refractivity contribution in [3.63, 3.8) is 0 Å². The molecule has 1 rings (SSSR count). The number of piperidine rings is 1. The average Bonchev–Trinajstić information content (AvgIpc) is 2.05.